The van der Waals surface area contributed by atoms with Crippen LogP contribution in [0.1, 0.15) is 34.6 Å². The molecule has 0 radical (unpaired) electrons. The number of hydrogen-bond donors (Lipinski definition) is 1. The first-order valence-electron chi connectivity index (χ1n) is 5.53. The molecule has 0 aliphatic carbocycles. The Morgan fingerprint density at radius 2 is 1.88 bits per heavy atom. The van der Waals surface area contributed by atoms with Gasteiger partial charge in [-0.05, 0) is 35.9 Å². The number of benzene rings is 1. The van der Waals surface area contributed by atoms with Crippen molar-refractivity contribution in [2.45, 2.75) is 26.4 Å². The molecule has 1 nitrogen and oxygen atoms in total. The van der Waals surface area contributed by atoms with E-state index in [4.69, 9.17) is 0 Å². The third-order valence-corrected chi connectivity index (χ3v) is 3.81. The van der Waals surface area contributed by atoms with Crippen LogP contribution >= 0.6 is 11.3 Å². The average molecular weight is 232 g/mol. The minimum atomic E-state index is -0.476. The zero-order valence-electron chi connectivity index (χ0n) is 9.60. The molecule has 1 aromatic heterocycles. The molecule has 84 valence electrons. The molecule has 0 bridgehead atoms. The van der Waals surface area contributed by atoms with Crippen LogP contribution in [0.5, 0.6) is 0 Å². The first-order valence-corrected chi connectivity index (χ1v) is 6.41. The highest BCUT2D eigenvalue weighted by atomic mass is 32.1. The molecule has 0 spiro atoms. The summed E-state index contributed by atoms with van der Waals surface area (Å²) in [4.78, 5) is 1.08. The van der Waals surface area contributed by atoms with Crippen LogP contribution in [-0.2, 0) is 6.42 Å². The van der Waals surface area contributed by atoms with Crippen LogP contribution in [0.4, 0.5) is 0 Å². The van der Waals surface area contributed by atoms with Gasteiger partial charge in [-0.3, -0.25) is 0 Å². The Morgan fingerprint density at radius 3 is 2.50 bits per heavy atom. The molecule has 0 aliphatic rings. The van der Waals surface area contributed by atoms with Crippen LogP contribution in [0.15, 0.2) is 35.7 Å². The van der Waals surface area contributed by atoms with E-state index < -0.39 is 6.10 Å². The van der Waals surface area contributed by atoms with E-state index >= 15 is 0 Å². The van der Waals surface area contributed by atoms with Crippen molar-refractivity contribution >= 4 is 11.3 Å². The van der Waals surface area contributed by atoms with Gasteiger partial charge in [0.1, 0.15) is 6.10 Å². The van der Waals surface area contributed by atoms with Crippen molar-refractivity contribution in [1.29, 1.82) is 0 Å². The number of aryl methyl sites for hydroxylation is 2. The van der Waals surface area contributed by atoms with Gasteiger partial charge >= 0.3 is 0 Å². The standard InChI is InChI=1S/C14H16OS/c1-3-11-8-9-16-14(11)13(15)12-6-4-10(2)5-7-12/h4-9,13,15H,3H2,1-2H3. The number of hydrogen-bond acceptors (Lipinski definition) is 2. The predicted octanol–water partition coefficient (Wildman–Crippen LogP) is 3.70. The van der Waals surface area contributed by atoms with Gasteiger partial charge in [-0.1, -0.05) is 36.8 Å². The van der Waals surface area contributed by atoms with Crippen LogP contribution in [0.3, 0.4) is 0 Å². The predicted molar refractivity (Wildman–Crippen MR) is 68.9 cm³/mol. The molecule has 0 saturated carbocycles. The van der Waals surface area contributed by atoms with Crippen molar-refractivity contribution in [3.8, 4) is 0 Å². The molecule has 2 heteroatoms. The minimum absolute atomic E-state index is 0.476. The second kappa shape index (κ2) is 4.81. The average Bonchev–Trinajstić information content (AvgIpc) is 2.77. The lowest BCUT2D eigenvalue weighted by Crippen LogP contribution is -1.99. The third-order valence-electron chi connectivity index (χ3n) is 2.80. The summed E-state index contributed by atoms with van der Waals surface area (Å²) in [6.45, 7) is 4.17. The fourth-order valence-electron chi connectivity index (χ4n) is 1.78. The molecular weight excluding hydrogens is 216 g/mol. The highest BCUT2D eigenvalue weighted by Gasteiger charge is 2.14. The first kappa shape index (κ1) is 11.4. The summed E-state index contributed by atoms with van der Waals surface area (Å²) in [5.74, 6) is 0. The number of rotatable bonds is 3. The number of aliphatic hydroxyl groups excluding tert-OH is 1. The zero-order valence-corrected chi connectivity index (χ0v) is 10.4. The van der Waals surface area contributed by atoms with E-state index in [1.807, 2.05) is 29.6 Å². The molecule has 0 aliphatic heterocycles. The van der Waals surface area contributed by atoms with Crippen molar-refractivity contribution in [3.63, 3.8) is 0 Å². The second-order valence-electron chi connectivity index (χ2n) is 3.98. The van der Waals surface area contributed by atoms with Gasteiger partial charge in [-0.15, -0.1) is 11.3 Å². The Balaban J connectivity index is 2.31. The minimum Gasteiger partial charge on any atom is -0.383 e. The van der Waals surface area contributed by atoms with Gasteiger partial charge in [0.2, 0.25) is 0 Å². The third kappa shape index (κ3) is 2.18. The SMILES string of the molecule is CCc1ccsc1C(O)c1ccc(C)cc1. The summed E-state index contributed by atoms with van der Waals surface area (Å²) in [6.07, 6.45) is 0.498. The van der Waals surface area contributed by atoms with Gasteiger partial charge < -0.3 is 5.11 Å². The van der Waals surface area contributed by atoms with Crippen molar-refractivity contribution in [3.05, 3.63) is 57.3 Å². The molecule has 1 N–H and O–H groups in total. The molecule has 0 amide bonds. The lowest BCUT2D eigenvalue weighted by atomic mass is 10.0. The Labute approximate surface area is 100 Å². The highest BCUT2D eigenvalue weighted by molar-refractivity contribution is 7.10. The fourth-order valence-corrected chi connectivity index (χ4v) is 2.79. The van der Waals surface area contributed by atoms with Gasteiger partial charge in [-0.2, -0.15) is 0 Å². The number of aliphatic hydroxyl groups is 1. The summed E-state index contributed by atoms with van der Waals surface area (Å²) in [7, 11) is 0. The lowest BCUT2D eigenvalue weighted by Gasteiger charge is -2.11. The Bertz CT molecular complexity index is 456. The van der Waals surface area contributed by atoms with E-state index in [-0.39, 0.29) is 0 Å². The molecule has 1 aromatic carbocycles. The van der Waals surface area contributed by atoms with Gasteiger partial charge in [0, 0.05) is 4.88 Å². The molecule has 1 heterocycles. The largest absolute Gasteiger partial charge is 0.383 e. The van der Waals surface area contributed by atoms with Gasteiger partial charge in [0.15, 0.2) is 0 Å². The maximum Gasteiger partial charge on any atom is 0.113 e. The van der Waals surface area contributed by atoms with E-state index in [9.17, 15) is 5.11 Å². The molecule has 0 saturated heterocycles. The Hall–Kier alpha value is -1.12. The summed E-state index contributed by atoms with van der Waals surface area (Å²) in [6, 6.07) is 10.2. The maximum atomic E-state index is 10.3. The van der Waals surface area contributed by atoms with Crippen molar-refractivity contribution in [2.24, 2.45) is 0 Å². The smallest absolute Gasteiger partial charge is 0.113 e. The molecular formula is C14H16OS. The fraction of sp³-hybridized carbons (Fsp3) is 0.286. The highest BCUT2D eigenvalue weighted by Crippen LogP contribution is 2.30. The van der Waals surface area contributed by atoms with Crippen LogP contribution in [0.25, 0.3) is 0 Å². The molecule has 2 rings (SSSR count). The molecule has 1 atom stereocenters. The van der Waals surface area contributed by atoms with Crippen LogP contribution in [0.2, 0.25) is 0 Å². The van der Waals surface area contributed by atoms with Crippen molar-refractivity contribution in [2.75, 3.05) is 0 Å². The molecule has 1 unspecified atom stereocenters. The van der Waals surface area contributed by atoms with E-state index in [1.54, 1.807) is 11.3 Å². The zero-order chi connectivity index (χ0) is 11.5. The van der Waals surface area contributed by atoms with E-state index in [1.165, 1.54) is 11.1 Å². The Kier molecular flexibility index (Phi) is 3.42. The quantitative estimate of drug-likeness (QED) is 0.855. The van der Waals surface area contributed by atoms with Crippen molar-refractivity contribution < 1.29 is 5.11 Å². The van der Waals surface area contributed by atoms with E-state index in [0.29, 0.717) is 0 Å². The lowest BCUT2D eigenvalue weighted by molar-refractivity contribution is 0.223. The van der Waals surface area contributed by atoms with Crippen LogP contribution in [0, 0.1) is 6.92 Å². The van der Waals surface area contributed by atoms with E-state index in [2.05, 4.69) is 19.9 Å². The topological polar surface area (TPSA) is 20.2 Å². The molecule has 16 heavy (non-hydrogen) atoms. The van der Waals surface area contributed by atoms with Gasteiger partial charge in [0.25, 0.3) is 0 Å². The normalized spacial score (nSPS) is 12.7. The van der Waals surface area contributed by atoms with E-state index in [0.717, 1.165) is 16.9 Å². The number of thiophene rings is 1. The maximum absolute atomic E-state index is 10.3. The summed E-state index contributed by atoms with van der Waals surface area (Å²) < 4.78 is 0. The molecule has 2 aromatic rings. The summed E-state index contributed by atoms with van der Waals surface area (Å²) >= 11 is 1.63. The van der Waals surface area contributed by atoms with Gasteiger partial charge in [0.05, 0.1) is 0 Å². The van der Waals surface area contributed by atoms with Gasteiger partial charge in [-0.25, -0.2) is 0 Å². The monoisotopic (exact) mass is 232 g/mol. The molecule has 0 fully saturated rings. The van der Waals surface area contributed by atoms with Crippen LogP contribution < -0.4 is 0 Å². The van der Waals surface area contributed by atoms with Crippen molar-refractivity contribution in [1.82, 2.24) is 0 Å². The summed E-state index contributed by atoms with van der Waals surface area (Å²) in [5.41, 5.74) is 3.44. The van der Waals surface area contributed by atoms with Crippen LogP contribution in [-0.4, -0.2) is 5.11 Å². The first-order chi connectivity index (χ1) is 7.72. The Morgan fingerprint density at radius 1 is 1.19 bits per heavy atom. The summed E-state index contributed by atoms with van der Waals surface area (Å²) in [5, 5.41) is 12.3. The second-order valence-corrected chi connectivity index (χ2v) is 4.92.